The second-order valence-corrected chi connectivity index (χ2v) is 4.69. The molecule has 0 aliphatic rings. The molecule has 2 nitrogen and oxygen atoms in total. The van der Waals surface area contributed by atoms with Crippen molar-refractivity contribution in [1.29, 1.82) is 0 Å². The number of hydrogen-bond donors (Lipinski definition) is 0. The monoisotopic (exact) mass is 241 g/mol. The molecule has 0 aliphatic heterocycles. The van der Waals surface area contributed by atoms with Crippen LogP contribution in [-0.2, 0) is 0 Å². The molecule has 0 aliphatic carbocycles. The van der Waals surface area contributed by atoms with Crippen LogP contribution in [0.25, 0.3) is 0 Å². The van der Waals surface area contributed by atoms with Crippen molar-refractivity contribution in [1.82, 2.24) is 4.90 Å². The van der Waals surface area contributed by atoms with Crippen LogP contribution in [0.4, 0.5) is 4.39 Å². The van der Waals surface area contributed by atoms with E-state index in [2.05, 4.69) is 0 Å². The summed E-state index contributed by atoms with van der Waals surface area (Å²) in [4.78, 5) is 13.5. The quantitative estimate of drug-likeness (QED) is 0.807. The summed E-state index contributed by atoms with van der Waals surface area (Å²) < 4.78 is 13.4. The Balaban J connectivity index is 2.83. The lowest BCUT2D eigenvalue weighted by atomic mass is 10.1. The fourth-order valence-corrected chi connectivity index (χ4v) is 1.79. The van der Waals surface area contributed by atoms with Gasteiger partial charge in [-0.05, 0) is 25.3 Å². The first-order valence-corrected chi connectivity index (χ1v) is 6.46. The number of halogens is 1. The molecule has 0 N–H and O–H groups in total. The molecule has 16 heavy (non-hydrogen) atoms. The van der Waals surface area contributed by atoms with Gasteiger partial charge in [-0.15, -0.1) is 0 Å². The molecule has 0 saturated carbocycles. The number of carbonyl (C=O) groups excluding carboxylic acids is 1. The largest absolute Gasteiger partial charge is 0.341 e. The summed E-state index contributed by atoms with van der Waals surface area (Å²) in [7, 11) is 1.69. The molecule has 1 aromatic rings. The first-order chi connectivity index (χ1) is 7.56. The molecular formula is C12H16FNOS. The molecule has 0 saturated heterocycles. The molecule has 88 valence electrons. The number of amides is 1. The molecule has 0 fully saturated rings. The van der Waals surface area contributed by atoms with Crippen LogP contribution in [0.3, 0.4) is 0 Å². The molecule has 0 unspecified atom stereocenters. The maximum Gasteiger partial charge on any atom is 0.256 e. The molecule has 0 radical (unpaired) electrons. The van der Waals surface area contributed by atoms with Gasteiger partial charge in [0.25, 0.3) is 5.91 Å². The average Bonchev–Trinajstić information content (AvgIpc) is 2.28. The Morgan fingerprint density at radius 1 is 1.50 bits per heavy atom. The van der Waals surface area contributed by atoms with E-state index in [1.54, 1.807) is 35.8 Å². The van der Waals surface area contributed by atoms with Gasteiger partial charge in [0, 0.05) is 19.3 Å². The zero-order chi connectivity index (χ0) is 12.1. The van der Waals surface area contributed by atoms with E-state index in [1.807, 2.05) is 13.2 Å². The highest BCUT2D eigenvalue weighted by atomic mass is 32.2. The Labute approximate surface area is 99.8 Å². The van der Waals surface area contributed by atoms with E-state index in [1.165, 1.54) is 6.07 Å². The normalized spacial score (nSPS) is 10.2. The Morgan fingerprint density at radius 3 is 2.81 bits per heavy atom. The zero-order valence-corrected chi connectivity index (χ0v) is 10.6. The third-order valence-corrected chi connectivity index (χ3v) is 2.92. The van der Waals surface area contributed by atoms with Crippen molar-refractivity contribution < 1.29 is 9.18 Å². The van der Waals surface area contributed by atoms with Crippen LogP contribution in [0, 0.1) is 12.7 Å². The van der Waals surface area contributed by atoms with Gasteiger partial charge in [0.1, 0.15) is 5.82 Å². The first-order valence-electron chi connectivity index (χ1n) is 5.07. The maximum atomic E-state index is 13.4. The van der Waals surface area contributed by atoms with Crippen LogP contribution in [0.15, 0.2) is 18.2 Å². The number of benzene rings is 1. The van der Waals surface area contributed by atoms with Gasteiger partial charge in [-0.1, -0.05) is 11.6 Å². The van der Waals surface area contributed by atoms with Crippen molar-refractivity contribution in [3.63, 3.8) is 0 Å². The summed E-state index contributed by atoms with van der Waals surface area (Å²) in [5, 5.41) is 0. The smallest absolute Gasteiger partial charge is 0.256 e. The standard InChI is InChI=1S/C12H16FNOS/c1-9-4-5-11(13)10(8-9)12(15)14(2)6-7-16-3/h4-5,8H,6-7H2,1-3H3. The fraction of sp³-hybridized carbons (Fsp3) is 0.417. The van der Waals surface area contributed by atoms with Crippen molar-refractivity contribution in [3.8, 4) is 0 Å². The molecule has 0 bridgehead atoms. The number of aryl methyl sites for hydroxylation is 1. The minimum atomic E-state index is -0.452. The van der Waals surface area contributed by atoms with Gasteiger partial charge in [0.15, 0.2) is 0 Å². The molecule has 0 spiro atoms. The van der Waals surface area contributed by atoms with E-state index in [4.69, 9.17) is 0 Å². The van der Waals surface area contributed by atoms with Crippen LogP contribution in [0.5, 0.6) is 0 Å². The number of thioether (sulfide) groups is 1. The van der Waals surface area contributed by atoms with Crippen LogP contribution < -0.4 is 0 Å². The second kappa shape index (κ2) is 5.89. The molecule has 0 atom stereocenters. The van der Waals surface area contributed by atoms with Crippen LogP contribution in [0.2, 0.25) is 0 Å². The molecular weight excluding hydrogens is 225 g/mol. The highest BCUT2D eigenvalue weighted by Gasteiger charge is 2.15. The van der Waals surface area contributed by atoms with Gasteiger partial charge in [-0.2, -0.15) is 11.8 Å². The van der Waals surface area contributed by atoms with Gasteiger partial charge < -0.3 is 4.90 Å². The van der Waals surface area contributed by atoms with E-state index in [0.717, 1.165) is 11.3 Å². The highest BCUT2D eigenvalue weighted by Crippen LogP contribution is 2.12. The Bertz CT molecular complexity index is 381. The van der Waals surface area contributed by atoms with Gasteiger partial charge in [0.05, 0.1) is 5.56 Å². The predicted molar refractivity (Wildman–Crippen MR) is 66.5 cm³/mol. The van der Waals surface area contributed by atoms with E-state index in [0.29, 0.717) is 6.54 Å². The van der Waals surface area contributed by atoms with Gasteiger partial charge in [-0.3, -0.25) is 4.79 Å². The second-order valence-electron chi connectivity index (χ2n) is 3.70. The Hall–Kier alpha value is -1.03. The summed E-state index contributed by atoms with van der Waals surface area (Å²) in [6.07, 6.45) is 1.98. The van der Waals surface area contributed by atoms with Crippen molar-refractivity contribution in [2.24, 2.45) is 0 Å². The van der Waals surface area contributed by atoms with E-state index in [-0.39, 0.29) is 11.5 Å². The van der Waals surface area contributed by atoms with Crippen LogP contribution in [-0.4, -0.2) is 36.4 Å². The van der Waals surface area contributed by atoms with E-state index >= 15 is 0 Å². The average molecular weight is 241 g/mol. The van der Waals surface area contributed by atoms with Gasteiger partial charge >= 0.3 is 0 Å². The van der Waals surface area contributed by atoms with Crippen molar-refractivity contribution in [2.75, 3.05) is 25.6 Å². The number of hydrogen-bond acceptors (Lipinski definition) is 2. The SMILES string of the molecule is CSCCN(C)C(=O)c1cc(C)ccc1F. The lowest BCUT2D eigenvalue weighted by Crippen LogP contribution is -2.29. The van der Waals surface area contributed by atoms with Gasteiger partial charge in [0.2, 0.25) is 0 Å². The van der Waals surface area contributed by atoms with E-state index < -0.39 is 5.82 Å². The number of nitrogens with zero attached hydrogens (tertiary/aromatic N) is 1. The Morgan fingerprint density at radius 2 is 2.19 bits per heavy atom. The van der Waals surface area contributed by atoms with Crippen molar-refractivity contribution >= 4 is 17.7 Å². The summed E-state index contributed by atoms with van der Waals surface area (Å²) in [5.74, 6) is 0.150. The van der Waals surface area contributed by atoms with Crippen molar-refractivity contribution in [2.45, 2.75) is 6.92 Å². The number of rotatable bonds is 4. The van der Waals surface area contributed by atoms with Crippen LogP contribution >= 0.6 is 11.8 Å². The molecule has 1 amide bonds. The topological polar surface area (TPSA) is 20.3 Å². The fourth-order valence-electron chi connectivity index (χ4n) is 1.34. The molecule has 0 heterocycles. The first kappa shape index (κ1) is 13.0. The minimum Gasteiger partial charge on any atom is -0.341 e. The molecule has 1 aromatic carbocycles. The third-order valence-electron chi connectivity index (χ3n) is 2.33. The lowest BCUT2D eigenvalue weighted by molar-refractivity contribution is 0.0799. The van der Waals surface area contributed by atoms with Gasteiger partial charge in [-0.25, -0.2) is 4.39 Å². The molecule has 1 rings (SSSR count). The summed E-state index contributed by atoms with van der Waals surface area (Å²) in [5.41, 5.74) is 1.05. The molecule has 4 heteroatoms. The Kier molecular flexibility index (Phi) is 4.80. The minimum absolute atomic E-state index is 0.156. The zero-order valence-electron chi connectivity index (χ0n) is 9.79. The summed E-state index contributed by atoms with van der Waals surface area (Å²) >= 11 is 1.66. The summed E-state index contributed by atoms with van der Waals surface area (Å²) in [6.45, 7) is 2.48. The van der Waals surface area contributed by atoms with Crippen LogP contribution in [0.1, 0.15) is 15.9 Å². The summed E-state index contributed by atoms with van der Waals surface area (Å²) in [6, 6.07) is 4.59. The maximum absolute atomic E-state index is 13.4. The van der Waals surface area contributed by atoms with Crippen molar-refractivity contribution in [3.05, 3.63) is 35.1 Å². The predicted octanol–water partition coefficient (Wildman–Crippen LogP) is 2.57. The van der Waals surface area contributed by atoms with E-state index in [9.17, 15) is 9.18 Å². The molecule has 0 aromatic heterocycles. The highest BCUT2D eigenvalue weighted by molar-refractivity contribution is 7.98. The number of carbonyl (C=O) groups is 1. The third kappa shape index (κ3) is 3.23. The lowest BCUT2D eigenvalue weighted by Gasteiger charge is -2.17.